The summed E-state index contributed by atoms with van der Waals surface area (Å²) in [5.41, 5.74) is 2.36. The summed E-state index contributed by atoms with van der Waals surface area (Å²) in [5, 5.41) is 3.94. The van der Waals surface area contributed by atoms with Crippen molar-refractivity contribution < 1.29 is 8.78 Å². The van der Waals surface area contributed by atoms with Gasteiger partial charge in [-0.05, 0) is 0 Å². The molecule has 1 atom stereocenters. The van der Waals surface area contributed by atoms with E-state index >= 15 is 0 Å². The Labute approximate surface area is 159 Å². The number of nitrogens with zero attached hydrogens (tertiary/aromatic N) is 3. The minimum atomic E-state index is -2.35. The van der Waals surface area contributed by atoms with Crippen LogP contribution in [0.2, 0.25) is 4.68 Å². The van der Waals surface area contributed by atoms with Gasteiger partial charge in [-0.15, -0.1) is 12.4 Å². The molecule has 1 unspecified atom stereocenters. The molecule has 2 aromatic rings. The van der Waals surface area contributed by atoms with E-state index in [2.05, 4.69) is 24.3 Å². The first-order valence-electron chi connectivity index (χ1n) is 8.20. The van der Waals surface area contributed by atoms with Crippen LogP contribution in [-0.2, 0) is 0 Å². The van der Waals surface area contributed by atoms with Gasteiger partial charge in [-0.25, -0.2) is 0 Å². The van der Waals surface area contributed by atoms with Crippen LogP contribution in [0.1, 0.15) is 27.9 Å². The third-order valence-corrected chi connectivity index (χ3v) is 11.5. The Balaban J connectivity index is 0.00000182. The Morgan fingerprint density at radius 1 is 1.28 bits per heavy atom. The van der Waals surface area contributed by atoms with Gasteiger partial charge in [0, 0.05) is 0 Å². The molecule has 130 valence electrons. The van der Waals surface area contributed by atoms with E-state index in [0.29, 0.717) is 16.7 Å². The van der Waals surface area contributed by atoms with E-state index in [0.717, 1.165) is 30.6 Å². The predicted octanol–water partition coefficient (Wildman–Crippen LogP) is 3.58. The summed E-state index contributed by atoms with van der Waals surface area (Å²) in [4.78, 5) is 8.83. The van der Waals surface area contributed by atoms with Crippen LogP contribution in [0.15, 0.2) is 27.4 Å². The van der Waals surface area contributed by atoms with Gasteiger partial charge in [-0.1, -0.05) is 0 Å². The molecule has 0 bridgehead atoms. The zero-order valence-corrected chi connectivity index (χ0v) is 17.9. The van der Waals surface area contributed by atoms with Gasteiger partial charge in [0.1, 0.15) is 0 Å². The van der Waals surface area contributed by atoms with Gasteiger partial charge in [0.25, 0.3) is 0 Å². The van der Waals surface area contributed by atoms with Crippen molar-refractivity contribution in [3.8, 4) is 0 Å². The van der Waals surface area contributed by atoms with Gasteiger partial charge in [0.05, 0.1) is 0 Å². The van der Waals surface area contributed by atoms with Gasteiger partial charge in [-0.2, -0.15) is 0 Å². The average molecular weight is 467 g/mol. The molecule has 1 aromatic carbocycles. The number of hydrogen-bond donors (Lipinski definition) is 1. The molecule has 25 heavy (non-hydrogen) atoms. The van der Waals surface area contributed by atoms with Crippen LogP contribution >= 0.6 is 12.4 Å². The topological polar surface area (TPSA) is 50.2 Å². The van der Waals surface area contributed by atoms with E-state index in [-0.39, 0.29) is 34.3 Å². The molecule has 2 aliphatic rings. The van der Waals surface area contributed by atoms with Crippen molar-refractivity contribution in [3.63, 3.8) is 0 Å². The summed E-state index contributed by atoms with van der Waals surface area (Å²) in [6.07, 6.45) is 4.92. The Kier molecular flexibility index (Phi) is 5.75. The predicted molar refractivity (Wildman–Crippen MR) is 99.7 cm³/mol. The molecule has 8 heteroatoms. The number of nitrogens with one attached hydrogen (secondary N) is 1. The second-order valence-electron chi connectivity index (χ2n) is 6.36. The van der Waals surface area contributed by atoms with Crippen LogP contribution in [0.5, 0.6) is 0 Å². The molecule has 1 aromatic heterocycles. The van der Waals surface area contributed by atoms with Gasteiger partial charge in [0.2, 0.25) is 0 Å². The summed E-state index contributed by atoms with van der Waals surface area (Å²) in [6, 6.07) is 3.49. The molecule has 0 amide bonds. The molecule has 0 spiro atoms. The molecule has 4 nitrogen and oxygen atoms in total. The normalized spacial score (nSPS) is 20.3. The number of benzene rings is 1. The molecular formula is C17H18ClF2InN4. The second-order valence-corrected chi connectivity index (χ2v) is 13.6. The molecular weight excluding hydrogens is 448 g/mol. The van der Waals surface area contributed by atoms with Crippen molar-refractivity contribution in [1.82, 2.24) is 15.3 Å². The fourth-order valence-corrected chi connectivity index (χ4v) is 8.68. The Hall–Kier alpha value is -1.05. The summed E-state index contributed by atoms with van der Waals surface area (Å²) >= 11 is -2.35. The first-order chi connectivity index (χ1) is 11.6. The van der Waals surface area contributed by atoms with Crippen molar-refractivity contribution >= 4 is 56.6 Å². The molecule has 4 rings (SSSR count). The zero-order chi connectivity index (χ0) is 16.7. The molecule has 0 fully saturated rings. The summed E-state index contributed by atoms with van der Waals surface area (Å²) < 4.78 is 34.2. The van der Waals surface area contributed by atoms with Crippen LogP contribution in [0, 0.1) is 5.82 Å². The standard InChI is InChI=1S/C16H14F2N4.CH3.ClH.In/c17-13-8-11(10-3-5-20-6-4-10)7-12-9-21-15(22-16(12)13)2-1-14(18)19;;;/h2-3,7-9,20H,1,4-6H2;1H3;1H;/q-1;;;+1. The monoisotopic (exact) mass is 466 g/mol. The van der Waals surface area contributed by atoms with Crippen LogP contribution < -0.4 is 5.32 Å². The Bertz CT molecular complexity index is 871. The SMILES string of the molecule is Cl.[CH3][In]1[N]=C(F)C[CH]1c1ncc2cc(C3=CCNCC3)cc(F)c2n1. The van der Waals surface area contributed by atoms with Gasteiger partial charge in [0.15, 0.2) is 0 Å². The maximum absolute atomic E-state index is 14.6. The molecule has 2 aliphatic heterocycles. The van der Waals surface area contributed by atoms with Crippen molar-refractivity contribution in [1.29, 1.82) is 0 Å². The number of fused-ring (bicyclic) bond motifs is 1. The Morgan fingerprint density at radius 2 is 2.12 bits per heavy atom. The van der Waals surface area contributed by atoms with Crippen LogP contribution in [0.3, 0.4) is 0 Å². The van der Waals surface area contributed by atoms with E-state index in [9.17, 15) is 8.78 Å². The van der Waals surface area contributed by atoms with Crippen LogP contribution in [0.25, 0.3) is 16.5 Å². The van der Waals surface area contributed by atoms with E-state index in [1.807, 2.05) is 10.7 Å². The zero-order valence-electron chi connectivity index (χ0n) is 13.8. The fourth-order valence-electron chi connectivity index (χ4n) is 3.39. The summed E-state index contributed by atoms with van der Waals surface area (Å²) in [6.45, 7) is 1.71. The third kappa shape index (κ3) is 3.73. The molecule has 0 saturated heterocycles. The summed E-state index contributed by atoms with van der Waals surface area (Å²) in [5.74, 6) is -0.0802. The quantitative estimate of drug-likeness (QED) is 0.736. The molecule has 0 radical (unpaired) electrons. The van der Waals surface area contributed by atoms with Gasteiger partial charge >= 0.3 is 147 Å². The van der Waals surface area contributed by atoms with Crippen LogP contribution in [0.4, 0.5) is 8.78 Å². The van der Waals surface area contributed by atoms with Crippen LogP contribution in [-0.4, -0.2) is 50.7 Å². The van der Waals surface area contributed by atoms with E-state index < -0.39 is 21.7 Å². The number of rotatable bonds is 2. The molecule has 0 aliphatic carbocycles. The minimum absolute atomic E-state index is 0. The second kappa shape index (κ2) is 7.68. The molecule has 1 N–H and O–H groups in total. The van der Waals surface area contributed by atoms with Crippen molar-refractivity contribution in [2.24, 2.45) is 2.98 Å². The van der Waals surface area contributed by atoms with Gasteiger partial charge in [-0.3, -0.25) is 0 Å². The number of hydrogen-bond acceptors (Lipinski definition) is 4. The van der Waals surface area contributed by atoms with Gasteiger partial charge < -0.3 is 0 Å². The maximum atomic E-state index is 14.6. The average Bonchev–Trinajstić information content (AvgIpc) is 2.94. The van der Waals surface area contributed by atoms with Crippen molar-refractivity contribution in [2.75, 3.05) is 13.1 Å². The third-order valence-electron chi connectivity index (χ3n) is 4.74. The first kappa shape index (κ1) is 18.7. The Morgan fingerprint density at radius 3 is 2.80 bits per heavy atom. The number of aromatic nitrogens is 2. The van der Waals surface area contributed by atoms with Crippen molar-refractivity contribution in [3.05, 3.63) is 41.6 Å². The molecule has 0 saturated carbocycles. The number of halogens is 3. The summed E-state index contributed by atoms with van der Waals surface area (Å²) in [7, 11) is 0. The van der Waals surface area contributed by atoms with E-state index in [1.54, 1.807) is 12.3 Å². The fraction of sp³-hybridized carbons (Fsp3) is 0.353. The first-order valence-corrected chi connectivity index (χ1v) is 14.9. The van der Waals surface area contributed by atoms with E-state index in [4.69, 9.17) is 0 Å². The van der Waals surface area contributed by atoms with Crippen molar-refractivity contribution in [2.45, 2.75) is 21.2 Å². The molecule has 3 heterocycles. The van der Waals surface area contributed by atoms with E-state index in [1.165, 1.54) is 0 Å².